The van der Waals surface area contributed by atoms with Crippen molar-refractivity contribution in [2.45, 2.75) is 6.92 Å². The summed E-state index contributed by atoms with van der Waals surface area (Å²) >= 11 is 1.29. The number of carbonyl (C=O) groups is 1. The Morgan fingerprint density at radius 3 is 2.68 bits per heavy atom. The number of halogens is 1. The second-order valence-corrected chi connectivity index (χ2v) is 7.58. The third-order valence-corrected chi connectivity index (χ3v) is 5.36. The number of hydrogen-bond acceptors (Lipinski definition) is 7. The fraction of sp³-hybridized carbons (Fsp3) is 0.143. The molecule has 5 rings (SSSR count). The largest absolute Gasteiger partial charge is 0.486 e. The number of ether oxygens (including phenoxy) is 2. The summed E-state index contributed by atoms with van der Waals surface area (Å²) in [7, 11) is 0. The predicted molar refractivity (Wildman–Crippen MR) is 113 cm³/mol. The molecule has 0 spiro atoms. The van der Waals surface area contributed by atoms with Crippen molar-refractivity contribution in [3.8, 4) is 28.4 Å². The van der Waals surface area contributed by atoms with E-state index in [1.165, 1.54) is 28.2 Å². The van der Waals surface area contributed by atoms with Crippen molar-refractivity contribution in [1.29, 1.82) is 0 Å². The maximum atomic E-state index is 13.2. The summed E-state index contributed by atoms with van der Waals surface area (Å²) < 4.78 is 25.8. The Hall–Kier alpha value is -3.79. The highest BCUT2D eigenvalue weighted by molar-refractivity contribution is 7.14. The smallest absolute Gasteiger partial charge is 0.297 e. The summed E-state index contributed by atoms with van der Waals surface area (Å²) in [5.74, 6) is 1.06. The van der Waals surface area contributed by atoms with Crippen molar-refractivity contribution >= 4 is 22.4 Å². The van der Waals surface area contributed by atoms with Gasteiger partial charge in [-0.15, -0.1) is 16.4 Å². The molecule has 1 aliphatic heterocycles. The normalized spacial score (nSPS) is 12.6. The Bertz CT molecular complexity index is 1270. The van der Waals surface area contributed by atoms with E-state index in [1.807, 2.05) is 23.6 Å². The summed E-state index contributed by atoms with van der Waals surface area (Å²) in [6.45, 7) is 2.76. The first-order valence-corrected chi connectivity index (χ1v) is 10.3. The summed E-state index contributed by atoms with van der Waals surface area (Å²) in [4.78, 5) is 21.3. The maximum Gasteiger partial charge on any atom is 0.297 e. The number of fused-ring (bicyclic) bond motifs is 1. The van der Waals surface area contributed by atoms with Gasteiger partial charge in [0.1, 0.15) is 24.9 Å². The van der Waals surface area contributed by atoms with E-state index < -0.39 is 5.91 Å². The van der Waals surface area contributed by atoms with Gasteiger partial charge in [-0.3, -0.25) is 10.1 Å². The van der Waals surface area contributed by atoms with E-state index in [1.54, 1.807) is 19.1 Å². The van der Waals surface area contributed by atoms with E-state index in [-0.39, 0.29) is 11.6 Å². The second-order valence-electron chi connectivity index (χ2n) is 6.72. The number of benzene rings is 2. The SMILES string of the molecule is Cc1nc(C(=O)Nc2nc(-c3ccc4c(c3)OCCO4)cs2)nn1-c1ccc(F)cc1. The van der Waals surface area contributed by atoms with Gasteiger partial charge in [-0.1, -0.05) is 0 Å². The lowest BCUT2D eigenvalue weighted by molar-refractivity contribution is 0.101. The lowest BCUT2D eigenvalue weighted by Gasteiger charge is -2.18. The maximum absolute atomic E-state index is 13.2. The van der Waals surface area contributed by atoms with E-state index in [4.69, 9.17) is 9.47 Å². The molecule has 0 bridgehead atoms. The first-order chi connectivity index (χ1) is 15.1. The number of aryl methyl sites for hydroxylation is 1. The molecule has 1 N–H and O–H groups in total. The average Bonchev–Trinajstić information content (AvgIpc) is 3.41. The first-order valence-electron chi connectivity index (χ1n) is 9.43. The molecule has 0 radical (unpaired) electrons. The number of carbonyl (C=O) groups excluding carboxylic acids is 1. The molecule has 156 valence electrons. The molecule has 8 nitrogen and oxygen atoms in total. The number of nitrogens with zero attached hydrogens (tertiary/aromatic N) is 4. The van der Waals surface area contributed by atoms with Crippen LogP contribution in [0.1, 0.15) is 16.4 Å². The van der Waals surface area contributed by atoms with Gasteiger partial charge in [-0.25, -0.2) is 19.0 Å². The molecule has 1 amide bonds. The van der Waals surface area contributed by atoms with Crippen LogP contribution in [0.25, 0.3) is 16.9 Å². The molecular formula is C21H16FN5O3S. The Balaban J connectivity index is 1.33. The Morgan fingerprint density at radius 2 is 1.87 bits per heavy atom. The molecule has 3 heterocycles. The van der Waals surface area contributed by atoms with Crippen molar-refractivity contribution < 1.29 is 18.7 Å². The summed E-state index contributed by atoms with van der Waals surface area (Å²) in [5, 5.41) is 9.23. The molecule has 0 unspecified atom stereocenters. The number of hydrogen-bond donors (Lipinski definition) is 1. The molecule has 0 fully saturated rings. The minimum absolute atomic E-state index is 0.00194. The Kier molecular flexibility index (Phi) is 4.83. The number of thiazole rings is 1. The van der Waals surface area contributed by atoms with E-state index >= 15 is 0 Å². The number of aromatic nitrogens is 4. The molecule has 0 atom stereocenters. The zero-order chi connectivity index (χ0) is 21.4. The topological polar surface area (TPSA) is 91.2 Å². The van der Waals surface area contributed by atoms with Crippen molar-refractivity contribution in [2.75, 3.05) is 18.5 Å². The highest BCUT2D eigenvalue weighted by Crippen LogP contribution is 2.35. The van der Waals surface area contributed by atoms with Crippen LogP contribution < -0.4 is 14.8 Å². The lowest BCUT2D eigenvalue weighted by atomic mass is 10.1. The van der Waals surface area contributed by atoms with Gasteiger partial charge in [-0.2, -0.15) is 0 Å². The zero-order valence-corrected chi connectivity index (χ0v) is 17.1. The van der Waals surface area contributed by atoms with Crippen molar-refractivity contribution in [1.82, 2.24) is 19.7 Å². The van der Waals surface area contributed by atoms with E-state index in [0.717, 1.165) is 5.56 Å². The van der Waals surface area contributed by atoms with Crippen LogP contribution >= 0.6 is 11.3 Å². The average molecular weight is 437 g/mol. The minimum Gasteiger partial charge on any atom is -0.486 e. The van der Waals surface area contributed by atoms with Gasteiger partial charge >= 0.3 is 0 Å². The zero-order valence-electron chi connectivity index (χ0n) is 16.3. The van der Waals surface area contributed by atoms with Crippen molar-refractivity contribution in [3.05, 3.63) is 65.3 Å². The molecule has 2 aromatic carbocycles. The number of amides is 1. The van der Waals surface area contributed by atoms with Crippen LogP contribution in [0.15, 0.2) is 47.8 Å². The fourth-order valence-corrected chi connectivity index (χ4v) is 3.85. The highest BCUT2D eigenvalue weighted by atomic mass is 32.1. The Labute approximate surface area is 180 Å². The standard InChI is InChI=1S/C21H16FN5O3S/c1-12-23-19(26-27(12)15-5-3-14(22)4-6-15)20(28)25-21-24-16(11-31-21)13-2-7-17-18(10-13)30-9-8-29-17/h2-7,10-11H,8-9H2,1H3,(H,24,25,28). The molecular weight excluding hydrogens is 421 g/mol. The van der Waals surface area contributed by atoms with Gasteiger partial charge in [0.25, 0.3) is 5.91 Å². The predicted octanol–water partition coefficient (Wildman–Crippen LogP) is 3.86. The van der Waals surface area contributed by atoms with E-state index in [2.05, 4.69) is 20.4 Å². The van der Waals surface area contributed by atoms with Gasteiger partial charge < -0.3 is 9.47 Å². The van der Waals surface area contributed by atoms with E-state index in [0.29, 0.717) is 47.1 Å². The monoisotopic (exact) mass is 437 g/mol. The molecule has 0 aliphatic carbocycles. The van der Waals surface area contributed by atoms with Gasteiger partial charge in [0.2, 0.25) is 5.82 Å². The number of nitrogens with one attached hydrogen (secondary N) is 1. The molecule has 31 heavy (non-hydrogen) atoms. The quantitative estimate of drug-likeness (QED) is 0.521. The third kappa shape index (κ3) is 3.84. The first kappa shape index (κ1) is 19.2. The summed E-state index contributed by atoms with van der Waals surface area (Å²) in [6, 6.07) is 11.4. The van der Waals surface area contributed by atoms with Crippen LogP contribution in [0.2, 0.25) is 0 Å². The Morgan fingerprint density at radius 1 is 1.10 bits per heavy atom. The summed E-state index contributed by atoms with van der Waals surface area (Å²) in [5.41, 5.74) is 2.18. The third-order valence-electron chi connectivity index (χ3n) is 4.61. The molecule has 1 aliphatic rings. The molecule has 2 aromatic heterocycles. The van der Waals surface area contributed by atoms with Crippen LogP contribution in [0, 0.1) is 12.7 Å². The van der Waals surface area contributed by atoms with Gasteiger partial charge in [0.05, 0.1) is 11.4 Å². The minimum atomic E-state index is -0.480. The fourth-order valence-electron chi connectivity index (χ4n) is 3.13. The van der Waals surface area contributed by atoms with Crippen LogP contribution in [0.3, 0.4) is 0 Å². The van der Waals surface area contributed by atoms with Crippen molar-refractivity contribution in [3.63, 3.8) is 0 Å². The van der Waals surface area contributed by atoms with Crippen LogP contribution in [0.5, 0.6) is 11.5 Å². The summed E-state index contributed by atoms with van der Waals surface area (Å²) in [6.07, 6.45) is 0. The van der Waals surface area contributed by atoms with Crippen molar-refractivity contribution in [2.24, 2.45) is 0 Å². The van der Waals surface area contributed by atoms with Gasteiger partial charge in [-0.05, 0) is 49.4 Å². The lowest BCUT2D eigenvalue weighted by Crippen LogP contribution is -2.15. The van der Waals surface area contributed by atoms with E-state index in [9.17, 15) is 9.18 Å². The van der Waals surface area contributed by atoms with Crippen LogP contribution in [-0.4, -0.2) is 38.9 Å². The van der Waals surface area contributed by atoms with Crippen LogP contribution in [-0.2, 0) is 0 Å². The highest BCUT2D eigenvalue weighted by Gasteiger charge is 2.18. The second kappa shape index (κ2) is 7.80. The molecule has 0 saturated heterocycles. The number of rotatable bonds is 4. The molecule has 4 aromatic rings. The van der Waals surface area contributed by atoms with Crippen LogP contribution in [0.4, 0.5) is 9.52 Å². The molecule has 0 saturated carbocycles. The van der Waals surface area contributed by atoms with Gasteiger partial charge in [0.15, 0.2) is 16.6 Å². The molecule has 10 heteroatoms. The van der Waals surface area contributed by atoms with Gasteiger partial charge in [0, 0.05) is 10.9 Å². The number of anilines is 1.